The van der Waals surface area contributed by atoms with Gasteiger partial charge >= 0.3 is 7.12 Å². The third-order valence-electron chi connectivity index (χ3n) is 3.17. The molecule has 8 nitrogen and oxygen atoms in total. The average molecular weight is 327 g/mol. The monoisotopic (exact) mass is 326 g/mol. The molecule has 0 radical (unpaired) electrons. The summed E-state index contributed by atoms with van der Waals surface area (Å²) in [6.45, 7) is 0.527. The maximum Gasteiger partial charge on any atom is 0.451 e. The second-order valence-electron chi connectivity index (χ2n) is 4.93. The van der Waals surface area contributed by atoms with E-state index in [0.29, 0.717) is 31.5 Å². The van der Waals surface area contributed by atoms with Gasteiger partial charge in [-0.15, -0.1) is 17.5 Å². The van der Waals surface area contributed by atoms with Crippen molar-refractivity contribution in [3.8, 4) is 0 Å². The van der Waals surface area contributed by atoms with E-state index in [1.165, 1.54) is 0 Å². The lowest BCUT2D eigenvalue weighted by Gasteiger charge is -2.11. The minimum Gasteiger partial charge on any atom is -0.427 e. The Morgan fingerprint density at radius 2 is 2.14 bits per heavy atom. The van der Waals surface area contributed by atoms with E-state index in [1.807, 2.05) is 12.1 Å². The van der Waals surface area contributed by atoms with Crippen LogP contribution < -0.4 is 5.73 Å². The van der Waals surface area contributed by atoms with Crippen LogP contribution in [0.3, 0.4) is 0 Å². The molecule has 2 aromatic heterocycles. The number of tetrazole rings is 1. The normalized spacial score (nSPS) is 11.8. The van der Waals surface area contributed by atoms with Crippen molar-refractivity contribution in [3.05, 3.63) is 35.9 Å². The van der Waals surface area contributed by atoms with Crippen LogP contribution in [-0.4, -0.2) is 42.4 Å². The quantitative estimate of drug-likeness (QED) is 0.467. The van der Waals surface area contributed by atoms with Crippen LogP contribution in [0.4, 0.5) is 0 Å². The molecule has 0 amide bonds. The first-order valence-corrected chi connectivity index (χ1v) is 6.93. The summed E-state index contributed by atoms with van der Waals surface area (Å²) in [6.07, 6.45) is 6.02. The van der Waals surface area contributed by atoms with Crippen molar-refractivity contribution in [2.75, 3.05) is 0 Å². The minimum atomic E-state index is -1.25. The molecule has 0 saturated heterocycles. The molecule has 2 heterocycles. The van der Waals surface area contributed by atoms with Crippen LogP contribution >= 0.6 is 12.4 Å². The Morgan fingerprint density at radius 1 is 1.32 bits per heavy atom. The Kier molecular flexibility index (Phi) is 7.96. The summed E-state index contributed by atoms with van der Waals surface area (Å²) in [5, 5.41) is 29.2. The smallest absolute Gasteiger partial charge is 0.427 e. The Balaban J connectivity index is 0.00000242. The van der Waals surface area contributed by atoms with Gasteiger partial charge in [0.2, 0.25) is 0 Å². The largest absolute Gasteiger partial charge is 0.451 e. The highest BCUT2D eigenvalue weighted by molar-refractivity contribution is 6.40. The molecule has 10 heteroatoms. The van der Waals surface area contributed by atoms with E-state index in [2.05, 4.69) is 20.5 Å². The minimum absolute atomic E-state index is 0. The van der Waals surface area contributed by atoms with Gasteiger partial charge in [-0.05, 0) is 34.8 Å². The molecule has 0 aliphatic carbocycles. The summed E-state index contributed by atoms with van der Waals surface area (Å²) in [6, 6.07) is 3.54. The maximum atomic E-state index is 8.79. The molecule has 4 N–H and O–H groups in total. The fourth-order valence-electron chi connectivity index (χ4n) is 2.07. The van der Waals surface area contributed by atoms with Crippen molar-refractivity contribution in [1.82, 2.24) is 25.2 Å². The summed E-state index contributed by atoms with van der Waals surface area (Å²) in [5.74, 6) is 0.628. The number of aromatic nitrogens is 5. The zero-order valence-electron chi connectivity index (χ0n) is 12.1. The molecule has 0 bridgehead atoms. The molecule has 0 spiro atoms. The molecule has 0 saturated carbocycles. The van der Waals surface area contributed by atoms with Gasteiger partial charge in [0.25, 0.3) is 0 Å². The lowest BCUT2D eigenvalue weighted by atomic mass is 9.83. The van der Waals surface area contributed by atoms with Crippen LogP contribution in [0.25, 0.3) is 0 Å². The van der Waals surface area contributed by atoms with Crippen LogP contribution in [-0.2, 0) is 6.54 Å². The fourth-order valence-corrected chi connectivity index (χ4v) is 2.07. The number of unbranched alkanes of at least 4 members (excludes halogenated alkanes) is 1. The Morgan fingerprint density at radius 3 is 2.82 bits per heavy atom. The third kappa shape index (κ3) is 5.68. The maximum absolute atomic E-state index is 8.79. The van der Waals surface area contributed by atoms with E-state index in [9.17, 15) is 0 Å². The average Bonchev–Trinajstić information content (AvgIpc) is 2.92. The van der Waals surface area contributed by atoms with E-state index < -0.39 is 7.12 Å². The summed E-state index contributed by atoms with van der Waals surface area (Å²) < 4.78 is 1.67. The summed E-state index contributed by atoms with van der Waals surface area (Å²) in [5.41, 5.74) is 7.11. The van der Waals surface area contributed by atoms with E-state index in [4.69, 9.17) is 15.8 Å². The van der Waals surface area contributed by atoms with Gasteiger partial charge in [-0.25, -0.2) is 4.68 Å². The molecule has 1 unspecified atom stereocenters. The molecule has 2 aromatic rings. The predicted octanol–water partition coefficient (Wildman–Crippen LogP) is 0.181. The first-order chi connectivity index (χ1) is 10.2. The molecular weight excluding hydrogens is 306 g/mol. The van der Waals surface area contributed by atoms with Gasteiger partial charge in [0, 0.05) is 12.4 Å². The first-order valence-electron chi connectivity index (χ1n) is 6.93. The van der Waals surface area contributed by atoms with Gasteiger partial charge in [-0.3, -0.25) is 4.98 Å². The topological polar surface area (TPSA) is 123 Å². The van der Waals surface area contributed by atoms with Crippen molar-refractivity contribution in [2.45, 2.75) is 38.2 Å². The molecular formula is C12H20BClN6O2. The van der Waals surface area contributed by atoms with Crippen molar-refractivity contribution >= 4 is 19.5 Å². The summed E-state index contributed by atoms with van der Waals surface area (Å²) in [4.78, 5) is 4.06. The number of hydrogen-bond acceptors (Lipinski definition) is 7. The van der Waals surface area contributed by atoms with Crippen LogP contribution in [0.2, 0.25) is 6.32 Å². The standard InChI is InChI=1S/C12H19BN6O2.ClH/c14-11(5-1-2-6-13(20)21)12-16-17-18-19(12)9-10-4-3-7-15-8-10;/h3-4,7-8,11,20-21H,1-2,5-6,9,14H2;1H. The second-order valence-corrected chi connectivity index (χ2v) is 4.93. The first kappa shape index (κ1) is 18.5. The van der Waals surface area contributed by atoms with Crippen molar-refractivity contribution in [1.29, 1.82) is 0 Å². The highest BCUT2D eigenvalue weighted by Crippen LogP contribution is 2.15. The van der Waals surface area contributed by atoms with Gasteiger partial charge in [-0.2, -0.15) is 0 Å². The molecule has 0 aliphatic rings. The van der Waals surface area contributed by atoms with Crippen LogP contribution in [0, 0.1) is 0 Å². The molecule has 2 rings (SSSR count). The number of nitrogens with zero attached hydrogens (tertiary/aromatic N) is 5. The highest BCUT2D eigenvalue weighted by Gasteiger charge is 2.15. The molecule has 1 atom stereocenters. The number of halogens is 1. The Labute approximate surface area is 135 Å². The summed E-state index contributed by atoms with van der Waals surface area (Å²) in [7, 11) is -1.25. The number of nitrogens with two attached hydrogens (primary N) is 1. The van der Waals surface area contributed by atoms with Gasteiger partial charge in [-0.1, -0.05) is 18.9 Å². The molecule has 0 aromatic carbocycles. The molecule has 0 aliphatic heterocycles. The van der Waals surface area contributed by atoms with Crippen molar-refractivity contribution < 1.29 is 10.0 Å². The van der Waals surface area contributed by atoms with Crippen LogP contribution in [0.5, 0.6) is 0 Å². The van der Waals surface area contributed by atoms with Gasteiger partial charge < -0.3 is 15.8 Å². The zero-order chi connectivity index (χ0) is 15.1. The van der Waals surface area contributed by atoms with E-state index >= 15 is 0 Å². The Hall–Kier alpha value is -1.55. The SMILES string of the molecule is Cl.NC(CCCCB(O)O)c1nnnn1Cc1cccnc1. The lowest BCUT2D eigenvalue weighted by molar-refractivity contribution is 0.400. The summed E-state index contributed by atoms with van der Waals surface area (Å²) >= 11 is 0. The highest BCUT2D eigenvalue weighted by atomic mass is 35.5. The van der Waals surface area contributed by atoms with Crippen molar-refractivity contribution in [3.63, 3.8) is 0 Å². The second kappa shape index (κ2) is 9.47. The number of hydrogen-bond donors (Lipinski definition) is 3. The molecule has 0 fully saturated rings. The van der Waals surface area contributed by atoms with Crippen LogP contribution in [0.1, 0.15) is 36.7 Å². The zero-order valence-corrected chi connectivity index (χ0v) is 12.9. The van der Waals surface area contributed by atoms with E-state index in [0.717, 1.165) is 12.0 Å². The fraction of sp³-hybridized carbons (Fsp3) is 0.500. The van der Waals surface area contributed by atoms with Gasteiger partial charge in [0.05, 0.1) is 12.6 Å². The molecule has 120 valence electrons. The number of rotatable bonds is 8. The van der Waals surface area contributed by atoms with Crippen LogP contribution in [0.15, 0.2) is 24.5 Å². The lowest BCUT2D eigenvalue weighted by Crippen LogP contribution is -2.18. The van der Waals surface area contributed by atoms with Gasteiger partial charge in [0.15, 0.2) is 5.82 Å². The van der Waals surface area contributed by atoms with E-state index in [1.54, 1.807) is 17.1 Å². The third-order valence-corrected chi connectivity index (χ3v) is 3.17. The van der Waals surface area contributed by atoms with Crippen molar-refractivity contribution in [2.24, 2.45) is 5.73 Å². The molecule has 22 heavy (non-hydrogen) atoms. The van der Waals surface area contributed by atoms with Gasteiger partial charge in [0.1, 0.15) is 0 Å². The number of pyridine rings is 1. The predicted molar refractivity (Wildman–Crippen MR) is 84.2 cm³/mol. The van der Waals surface area contributed by atoms with E-state index in [-0.39, 0.29) is 18.4 Å². The Bertz CT molecular complexity index is 541.